The highest BCUT2D eigenvalue weighted by Crippen LogP contribution is 2.37. The Bertz CT molecular complexity index is 668. The first-order valence-corrected chi connectivity index (χ1v) is 7.42. The number of rotatable bonds is 6. The summed E-state index contributed by atoms with van der Waals surface area (Å²) in [5, 5.41) is 17.2. The molecule has 1 aromatic heterocycles. The van der Waals surface area contributed by atoms with Gasteiger partial charge in [0.25, 0.3) is 0 Å². The summed E-state index contributed by atoms with van der Waals surface area (Å²) in [6.45, 7) is 1.08. The third-order valence-electron chi connectivity index (χ3n) is 4.00. The van der Waals surface area contributed by atoms with Crippen LogP contribution in [0.3, 0.4) is 0 Å². The molecule has 1 aromatic carbocycles. The molecule has 0 N–H and O–H groups in total. The highest BCUT2D eigenvalue weighted by atomic mass is 16.5. The largest absolute Gasteiger partial charge is 0.497 e. The topological polar surface area (TPSA) is 73.0 Å². The number of nitrogens with zero attached hydrogens (tertiary/aromatic N) is 4. The van der Waals surface area contributed by atoms with Crippen molar-refractivity contribution in [2.45, 2.75) is 31.7 Å². The lowest BCUT2D eigenvalue weighted by Crippen LogP contribution is -2.19. The Morgan fingerprint density at radius 1 is 1.27 bits per heavy atom. The molecule has 1 aliphatic rings. The maximum absolute atomic E-state index is 9.14. The van der Waals surface area contributed by atoms with Gasteiger partial charge in [-0.3, -0.25) is 0 Å². The summed E-state index contributed by atoms with van der Waals surface area (Å²) in [6.07, 6.45) is 3.44. The number of ether oxygens (including phenoxy) is 2. The number of hydrogen-bond acceptors (Lipinski definition) is 5. The summed E-state index contributed by atoms with van der Waals surface area (Å²) in [5.74, 6) is 2.01. The third kappa shape index (κ3) is 2.89. The fraction of sp³-hybridized carbons (Fsp3) is 0.438. The maximum atomic E-state index is 9.14. The first kappa shape index (κ1) is 14.4. The molecule has 0 aliphatic heterocycles. The second kappa shape index (κ2) is 6.48. The van der Waals surface area contributed by atoms with Crippen molar-refractivity contribution in [3.8, 4) is 17.6 Å². The van der Waals surface area contributed by atoms with Crippen molar-refractivity contribution in [3.63, 3.8) is 0 Å². The number of nitriles is 1. The molecule has 6 heteroatoms. The molecule has 1 aliphatic carbocycles. The van der Waals surface area contributed by atoms with Gasteiger partial charge in [-0.2, -0.15) is 5.26 Å². The zero-order valence-electron chi connectivity index (χ0n) is 12.5. The molecule has 0 amide bonds. The molecule has 0 spiro atoms. The van der Waals surface area contributed by atoms with E-state index in [1.54, 1.807) is 7.11 Å². The van der Waals surface area contributed by atoms with E-state index in [2.05, 4.69) is 16.4 Å². The molecule has 114 valence electrons. The van der Waals surface area contributed by atoms with E-state index in [0.29, 0.717) is 24.8 Å². The number of aromatic nitrogens is 3. The Hall–Kier alpha value is -2.55. The van der Waals surface area contributed by atoms with Gasteiger partial charge in [0.2, 0.25) is 0 Å². The fourth-order valence-corrected chi connectivity index (χ4v) is 2.57. The van der Waals surface area contributed by atoms with E-state index in [-0.39, 0.29) is 0 Å². The van der Waals surface area contributed by atoms with Gasteiger partial charge in [-0.25, -0.2) is 4.68 Å². The molecular weight excluding hydrogens is 280 g/mol. The third-order valence-corrected chi connectivity index (χ3v) is 4.00. The first-order chi connectivity index (χ1) is 10.8. The van der Waals surface area contributed by atoms with Gasteiger partial charge in [0.1, 0.15) is 24.2 Å². The highest BCUT2D eigenvalue weighted by Gasteiger charge is 2.27. The molecular formula is C16H18N4O2. The minimum atomic E-state index is 0.422. The Kier molecular flexibility index (Phi) is 4.24. The van der Waals surface area contributed by atoms with E-state index in [4.69, 9.17) is 14.7 Å². The van der Waals surface area contributed by atoms with Crippen LogP contribution in [-0.4, -0.2) is 28.7 Å². The Morgan fingerprint density at radius 3 is 2.59 bits per heavy atom. The van der Waals surface area contributed by atoms with Crippen LogP contribution in [0.4, 0.5) is 0 Å². The van der Waals surface area contributed by atoms with E-state index in [9.17, 15) is 0 Å². The molecule has 1 saturated carbocycles. The molecule has 1 fully saturated rings. The van der Waals surface area contributed by atoms with E-state index < -0.39 is 0 Å². The normalized spacial score (nSPS) is 14.2. The van der Waals surface area contributed by atoms with Gasteiger partial charge in [0.15, 0.2) is 5.69 Å². The van der Waals surface area contributed by atoms with Crippen LogP contribution in [0.1, 0.15) is 36.6 Å². The Balaban J connectivity index is 1.61. The lowest BCUT2D eigenvalue weighted by Gasteiger charge is -2.25. The van der Waals surface area contributed by atoms with Crippen LogP contribution in [0.15, 0.2) is 24.3 Å². The minimum Gasteiger partial charge on any atom is -0.497 e. The summed E-state index contributed by atoms with van der Waals surface area (Å²) in [5.41, 5.74) is 1.42. The van der Waals surface area contributed by atoms with Gasteiger partial charge in [0.05, 0.1) is 19.3 Å². The van der Waals surface area contributed by atoms with Crippen LogP contribution in [-0.2, 0) is 6.54 Å². The zero-order chi connectivity index (χ0) is 15.4. The summed E-state index contributed by atoms with van der Waals surface area (Å²) in [7, 11) is 1.63. The number of benzene rings is 1. The Morgan fingerprint density at radius 2 is 2.00 bits per heavy atom. The second-order valence-corrected chi connectivity index (χ2v) is 5.31. The second-order valence-electron chi connectivity index (χ2n) is 5.31. The van der Waals surface area contributed by atoms with Crippen molar-refractivity contribution in [2.75, 3.05) is 13.7 Å². The SMILES string of the molecule is COc1ccc(OCCn2nnc(C#N)c2C2CCC2)cc1. The summed E-state index contributed by atoms with van der Waals surface area (Å²) in [6, 6.07) is 9.59. The molecule has 6 nitrogen and oxygen atoms in total. The lowest BCUT2D eigenvalue weighted by molar-refractivity contribution is 0.280. The molecule has 0 bridgehead atoms. The number of methoxy groups -OCH3 is 1. The van der Waals surface area contributed by atoms with Crippen molar-refractivity contribution in [2.24, 2.45) is 0 Å². The van der Waals surface area contributed by atoms with Gasteiger partial charge >= 0.3 is 0 Å². The molecule has 22 heavy (non-hydrogen) atoms. The van der Waals surface area contributed by atoms with Gasteiger partial charge in [-0.05, 0) is 37.1 Å². The molecule has 3 rings (SSSR count). The molecule has 0 atom stereocenters. The van der Waals surface area contributed by atoms with Gasteiger partial charge in [0, 0.05) is 5.92 Å². The predicted octanol–water partition coefficient (Wildman–Crippen LogP) is 2.50. The molecule has 1 heterocycles. The van der Waals surface area contributed by atoms with Gasteiger partial charge < -0.3 is 9.47 Å². The number of hydrogen-bond donors (Lipinski definition) is 0. The molecule has 0 saturated heterocycles. The lowest BCUT2D eigenvalue weighted by atomic mass is 9.82. The minimum absolute atomic E-state index is 0.422. The van der Waals surface area contributed by atoms with Crippen molar-refractivity contribution in [3.05, 3.63) is 35.7 Å². The van der Waals surface area contributed by atoms with E-state index in [1.165, 1.54) is 6.42 Å². The van der Waals surface area contributed by atoms with Crippen molar-refractivity contribution in [1.82, 2.24) is 15.0 Å². The standard InChI is InChI=1S/C16H18N4O2/c1-21-13-5-7-14(8-6-13)22-10-9-20-16(12-3-2-4-12)15(11-17)18-19-20/h5-8,12H,2-4,9-10H2,1H3. The molecule has 0 unspecified atom stereocenters. The average Bonchev–Trinajstić information content (AvgIpc) is 2.89. The smallest absolute Gasteiger partial charge is 0.186 e. The van der Waals surface area contributed by atoms with Crippen LogP contribution in [0.2, 0.25) is 0 Å². The van der Waals surface area contributed by atoms with Crippen molar-refractivity contribution >= 4 is 0 Å². The van der Waals surface area contributed by atoms with Crippen LogP contribution < -0.4 is 9.47 Å². The van der Waals surface area contributed by atoms with E-state index >= 15 is 0 Å². The van der Waals surface area contributed by atoms with E-state index in [0.717, 1.165) is 30.0 Å². The van der Waals surface area contributed by atoms with Crippen molar-refractivity contribution < 1.29 is 9.47 Å². The van der Waals surface area contributed by atoms with E-state index in [1.807, 2.05) is 28.9 Å². The van der Waals surface area contributed by atoms with Crippen LogP contribution in [0, 0.1) is 11.3 Å². The predicted molar refractivity (Wildman–Crippen MR) is 79.8 cm³/mol. The van der Waals surface area contributed by atoms with Crippen LogP contribution in [0.25, 0.3) is 0 Å². The fourth-order valence-electron chi connectivity index (χ4n) is 2.57. The van der Waals surface area contributed by atoms with Gasteiger partial charge in [-0.1, -0.05) is 11.6 Å². The quantitative estimate of drug-likeness (QED) is 0.819. The average molecular weight is 298 g/mol. The first-order valence-electron chi connectivity index (χ1n) is 7.42. The van der Waals surface area contributed by atoms with Gasteiger partial charge in [-0.15, -0.1) is 5.10 Å². The van der Waals surface area contributed by atoms with Crippen molar-refractivity contribution in [1.29, 1.82) is 5.26 Å². The summed E-state index contributed by atoms with van der Waals surface area (Å²) in [4.78, 5) is 0. The zero-order valence-corrected chi connectivity index (χ0v) is 12.5. The van der Waals surface area contributed by atoms with Crippen LogP contribution >= 0.6 is 0 Å². The summed E-state index contributed by atoms with van der Waals surface area (Å²) < 4.78 is 12.6. The Labute approximate surface area is 129 Å². The molecule has 0 radical (unpaired) electrons. The molecule has 2 aromatic rings. The monoisotopic (exact) mass is 298 g/mol. The maximum Gasteiger partial charge on any atom is 0.186 e. The highest BCUT2D eigenvalue weighted by molar-refractivity contribution is 5.31. The summed E-state index contributed by atoms with van der Waals surface area (Å²) >= 11 is 0. The van der Waals surface area contributed by atoms with Crippen LogP contribution in [0.5, 0.6) is 11.5 Å².